The summed E-state index contributed by atoms with van der Waals surface area (Å²) in [4.78, 5) is 23.8. The number of aromatic carboxylic acids is 1. The molecule has 0 saturated heterocycles. The third-order valence-electron chi connectivity index (χ3n) is 4.71. The fourth-order valence-corrected chi connectivity index (χ4v) is 4.05. The molecule has 2 N–H and O–H groups in total. The van der Waals surface area contributed by atoms with Crippen LogP contribution in [0.25, 0.3) is 6.08 Å². The number of nitrogens with zero attached hydrogens (tertiary/aromatic N) is 1. The summed E-state index contributed by atoms with van der Waals surface area (Å²) in [5, 5.41) is 21.8. The molecule has 3 aromatic carbocycles. The Balaban J connectivity index is 1.85. The lowest BCUT2D eigenvalue weighted by Crippen LogP contribution is -2.14. The van der Waals surface area contributed by atoms with Gasteiger partial charge in [0.2, 0.25) is 0 Å². The number of carbonyl (C=O) groups is 2. The van der Waals surface area contributed by atoms with Crippen molar-refractivity contribution in [2.45, 2.75) is 13.5 Å². The van der Waals surface area contributed by atoms with Crippen LogP contribution in [-0.4, -0.2) is 23.6 Å². The van der Waals surface area contributed by atoms with Crippen LogP contribution in [0.2, 0.25) is 5.02 Å². The lowest BCUT2D eigenvalue weighted by Gasteiger charge is -2.15. The minimum absolute atomic E-state index is 0.0218. The van der Waals surface area contributed by atoms with Crippen molar-refractivity contribution in [1.29, 1.82) is 5.26 Å². The van der Waals surface area contributed by atoms with E-state index in [4.69, 9.17) is 26.2 Å². The third kappa shape index (κ3) is 6.97. The van der Waals surface area contributed by atoms with E-state index in [1.165, 1.54) is 24.3 Å². The van der Waals surface area contributed by atoms with E-state index in [-0.39, 0.29) is 23.4 Å². The third-order valence-corrected chi connectivity index (χ3v) is 5.88. The molecule has 0 saturated carbocycles. The highest BCUT2D eigenvalue weighted by molar-refractivity contribution is 14.1. The first kappa shape index (κ1) is 26.1. The Morgan fingerprint density at radius 2 is 1.91 bits per heavy atom. The van der Waals surface area contributed by atoms with Gasteiger partial charge in [-0.3, -0.25) is 4.79 Å². The average Bonchev–Trinajstić information content (AvgIpc) is 2.83. The van der Waals surface area contributed by atoms with E-state index < -0.39 is 11.9 Å². The molecule has 0 spiro atoms. The number of halogens is 2. The zero-order valence-electron chi connectivity index (χ0n) is 18.5. The Bertz CT molecular complexity index is 1330. The molecule has 0 aliphatic carbocycles. The summed E-state index contributed by atoms with van der Waals surface area (Å²) >= 11 is 8.32. The fourth-order valence-electron chi connectivity index (χ4n) is 3.08. The van der Waals surface area contributed by atoms with Crippen molar-refractivity contribution >= 4 is 57.8 Å². The molecule has 0 aliphatic heterocycles. The highest BCUT2D eigenvalue weighted by Gasteiger charge is 2.15. The molecule has 0 unspecified atom stereocenters. The van der Waals surface area contributed by atoms with Crippen molar-refractivity contribution in [2.24, 2.45) is 0 Å². The van der Waals surface area contributed by atoms with Crippen molar-refractivity contribution in [3.8, 4) is 17.6 Å². The van der Waals surface area contributed by atoms with E-state index in [9.17, 15) is 14.9 Å². The first-order chi connectivity index (χ1) is 16.8. The Kier molecular flexibility index (Phi) is 9.11. The second kappa shape index (κ2) is 12.2. The van der Waals surface area contributed by atoms with Crippen LogP contribution in [0.15, 0.2) is 66.2 Å². The molecule has 178 valence electrons. The van der Waals surface area contributed by atoms with Gasteiger partial charge in [0.15, 0.2) is 11.5 Å². The van der Waals surface area contributed by atoms with Crippen LogP contribution in [0.1, 0.15) is 28.4 Å². The monoisotopic (exact) mass is 602 g/mol. The quantitative estimate of drug-likeness (QED) is 0.172. The number of hydrogen-bond donors (Lipinski definition) is 2. The smallest absolute Gasteiger partial charge is 0.335 e. The Labute approximate surface area is 221 Å². The van der Waals surface area contributed by atoms with E-state index in [2.05, 4.69) is 27.9 Å². The van der Waals surface area contributed by atoms with Crippen LogP contribution in [0.5, 0.6) is 11.5 Å². The van der Waals surface area contributed by atoms with Crippen LogP contribution in [0.3, 0.4) is 0 Å². The Morgan fingerprint density at radius 1 is 1.14 bits per heavy atom. The minimum atomic E-state index is -1.12. The van der Waals surface area contributed by atoms with Crippen molar-refractivity contribution in [1.82, 2.24) is 0 Å². The largest absolute Gasteiger partial charge is 0.490 e. The molecular weight excluding hydrogens is 583 g/mol. The molecule has 7 nitrogen and oxygen atoms in total. The first-order valence-electron chi connectivity index (χ1n) is 10.4. The van der Waals surface area contributed by atoms with Crippen LogP contribution in [0, 0.1) is 14.9 Å². The zero-order chi connectivity index (χ0) is 25.4. The second-order valence-electron chi connectivity index (χ2n) is 7.15. The lowest BCUT2D eigenvalue weighted by molar-refractivity contribution is -0.112. The predicted octanol–water partition coefficient (Wildman–Crippen LogP) is 6.17. The summed E-state index contributed by atoms with van der Waals surface area (Å²) < 4.78 is 12.5. The number of hydrogen-bond acceptors (Lipinski definition) is 5. The molecule has 0 aromatic heterocycles. The molecule has 0 heterocycles. The Morgan fingerprint density at radius 3 is 2.60 bits per heavy atom. The SMILES string of the molecule is CCOc1cc(/C=C(/C#N)C(=O)Nc2cccc(C(=O)O)c2)cc(I)c1OCc1ccccc1Cl. The zero-order valence-corrected chi connectivity index (χ0v) is 21.5. The van der Waals surface area contributed by atoms with Crippen molar-refractivity contribution in [3.63, 3.8) is 0 Å². The predicted molar refractivity (Wildman–Crippen MR) is 142 cm³/mol. The van der Waals surface area contributed by atoms with E-state index in [0.29, 0.717) is 28.7 Å². The van der Waals surface area contributed by atoms with Crippen LogP contribution < -0.4 is 14.8 Å². The van der Waals surface area contributed by atoms with Crippen molar-refractivity contribution in [3.05, 3.63) is 91.5 Å². The number of rotatable bonds is 9. The molecule has 3 aromatic rings. The summed E-state index contributed by atoms with van der Waals surface area (Å²) in [5.41, 5.74) is 1.52. The van der Waals surface area contributed by atoms with Gasteiger partial charge in [-0.15, -0.1) is 0 Å². The van der Waals surface area contributed by atoms with Gasteiger partial charge in [0.1, 0.15) is 18.2 Å². The average molecular weight is 603 g/mol. The molecule has 35 heavy (non-hydrogen) atoms. The number of amides is 1. The van der Waals surface area contributed by atoms with Gasteiger partial charge in [0, 0.05) is 16.3 Å². The number of ether oxygens (including phenoxy) is 2. The molecule has 0 atom stereocenters. The van der Waals surface area contributed by atoms with Crippen LogP contribution in [-0.2, 0) is 11.4 Å². The summed E-state index contributed by atoms with van der Waals surface area (Å²) in [6.07, 6.45) is 1.43. The number of nitrogens with one attached hydrogen (secondary N) is 1. The second-order valence-corrected chi connectivity index (χ2v) is 8.72. The van der Waals surface area contributed by atoms with E-state index >= 15 is 0 Å². The summed E-state index contributed by atoms with van der Waals surface area (Å²) in [6.45, 7) is 2.47. The number of carbonyl (C=O) groups excluding carboxylic acids is 1. The number of anilines is 1. The molecule has 1 amide bonds. The highest BCUT2D eigenvalue weighted by atomic mass is 127. The van der Waals surface area contributed by atoms with Gasteiger partial charge >= 0.3 is 5.97 Å². The molecule has 9 heteroatoms. The van der Waals surface area contributed by atoms with Crippen LogP contribution in [0.4, 0.5) is 5.69 Å². The summed E-state index contributed by atoms with van der Waals surface area (Å²) in [6, 6.07) is 18.5. The van der Waals surface area contributed by atoms with Crippen molar-refractivity contribution < 1.29 is 24.2 Å². The van der Waals surface area contributed by atoms with Crippen LogP contribution >= 0.6 is 34.2 Å². The van der Waals surface area contributed by atoms with Crippen molar-refractivity contribution in [2.75, 3.05) is 11.9 Å². The molecule has 0 aliphatic rings. The lowest BCUT2D eigenvalue weighted by atomic mass is 10.1. The van der Waals surface area contributed by atoms with E-state index in [0.717, 1.165) is 9.13 Å². The van der Waals surface area contributed by atoms with Gasteiger partial charge in [-0.2, -0.15) is 5.26 Å². The summed E-state index contributed by atoms with van der Waals surface area (Å²) in [7, 11) is 0. The maximum absolute atomic E-state index is 12.7. The normalized spacial score (nSPS) is 10.9. The maximum Gasteiger partial charge on any atom is 0.335 e. The van der Waals surface area contributed by atoms with Gasteiger partial charge in [-0.1, -0.05) is 35.9 Å². The maximum atomic E-state index is 12.7. The number of carboxylic acid groups (broad SMARTS) is 1. The van der Waals surface area contributed by atoms with E-state index in [1.807, 2.05) is 31.2 Å². The fraction of sp³-hybridized carbons (Fsp3) is 0.115. The van der Waals surface area contributed by atoms with Gasteiger partial charge < -0.3 is 19.9 Å². The molecular formula is C26H20ClIN2O5. The summed E-state index contributed by atoms with van der Waals surface area (Å²) in [5.74, 6) is -0.795. The molecule has 0 radical (unpaired) electrons. The topological polar surface area (TPSA) is 109 Å². The standard InChI is InChI=1S/C26H20ClIN2O5/c1-2-34-23-12-16(11-22(28)24(23)35-15-18-6-3-4-9-21(18)27)10-19(14-29)25(31)30-20-8-5-7-17(13-20)26(32)33/h3-13H,2,15H2,1H3,(H,30,31)(H,32,33)/b19-10-. The molecule has 0 bridgehead atoms. The number of nitriles is 1. The highest BCUT2D eigenvalue weighted by Crippen LogP contribution is 2.36. The molecule has 3 rings (SSSR count). The Hall–Kier alpha value is -3.55. The first-order valence-corrected chi connectivity index (χ1v) is 11.9. The van der Waals surface area contributed by atoms with Gasteiger partial charge in [-0.25, -0.2) is 4.79 Å². The minimum Gasteiger partial charge on any atom is -0.490 e. The van der Waals surface area contributed by atoms with E-state index in [1.54, 1.807) is 24.3 Å². The number of carboxylic acids is 1. The van der Waals surface area contributed by atoms with Gasteiger partial charge in [-0.05, 0) is 77.6 Å². The molecule has 0 fully saturated rings. The number of benzene rings is 3. The van der Waals surface area contributed by atoms with Gasteiger partial charge in [0.25, 0.3) is 5.91 Å². The van der Waals surface area contributed by atoms with Gasteiger partial charge in [0.05, 0.1) is 15.7 Å².